The van der Waals surface area contributed by atoms with E-state index in [9.17, 15) is 18.0 Å². The Kier molecular flexibility index (Phi) is 6.51. The molecule has 27 heavy (non-hydrogen) atoms. The van der Waals surface area contributed by atoms with Crippen molar-refractivity contribution in [1.82, 2.24) is 4.31 Å². The van der Waals surface area contributed by atoms with Gasteiger partial charge in [-0.05, 0) is 55.8 Å². The predicted molar refractivity (Wildman–Crippen MR) is 103 cm³/mol. The summed E-state index contributed by atoms with van der Waals surface area (Å²) in [6.45, 7) is 7.36. The lowest BCUT2D eigenvalue weighted by Crippen LogP contribution is -2.30. The third-order valence-electron chi connectivity index (χ3n) is 4.24. The first-order chi connectivity index (χ1) is 12.7. The van der Waals surface area contributed by atoms with Gasteiger partial charge in [0, 0.05) is 18.7 Å². The zero-order chi connectivity index (χ0) is 20.2. The van der Waals surface area contributed by atoms with Crippen molar-refractivity contribution in [3.8, 4) is 5.75 Å². The number of rotatable bonds is 7. The summed E-state index contributed by atoms with van der Waals surface area (Å²) in [5, 5.41) is 0. The highest BCUT2D eigenvalue weighted by molar-refractivity contribution is 7.89. The molecule has 0 N–H and O–H groups in total. The number of ether oxygens (including phenoxy) is 1. The SMILES string of the molecule is CCN(CC)S(=O)(=O)c1ccc(C)c(C(=O)Oc2ccc(C(C)=O)cc2)c1. The molecule has 2 aromatic carbocycles. The first-order valence-corrected chi connectivity index (χ1v) is 10.1. The molecule has 0 radical (unpaired) electrons. The Morgan fingerprint density at radius 3 is 2.11 bits per heavy atom. The van der Waals surface area contributed by atoms with Crippen molar-refractivity contribution in [1.29, 1.82) is 0 Å². The Labute approximate surface area is 159 Å². The lowest BCUT2D eigenvalue weighted by atomic mass is 10.1. The largest absolute Gasteiger partial charge is 0.423 e. The molecular formula is C20H23NO5S. The van der Waals surface area contributed by atoms with Crippen molar-refractivity contribution in [2.24, 2.45) is 0 Å². The number of ketones is 1. The van der Waals surface area contributed by atoms with Gasteiger partial charge in [-0.25, -0.2) is 13.2 Å². The van der Waals surface area contributed by atoms with Crippen LogP contribution in [0, 0.1) is 6.92 Å². The van der Waals surface area contributed by atoms with E-state index in [0.717, 1.165) is 0 Å². The molecule has 0 saturated heterocycles. The quantitative estimate of drug-likeness (QED) is 0.412. The summed E-state index contributed by atoms with van der Waals surface area (Å²) in [6, 6.07) is 10.6. The molecule has 2 rings (SSSR count). The average molecular weight is 389 g/mol. The first kappa shape index (κ1) is 20.8. The van der Waals surface area contributed by atoms with Crippen LogP contribution in [0.2, 0.25) is 0 Å². The molecule has 0 saturated carbocycles. The van der Waals surface area contributed by atoms with Crippen LogP contribution in [0.4, 0.5) is 0 Å². The molecule has 0 fully saturated rings. The third-order valence-corrected chi connectivity index (χ3v) is 6.29. The van der Waals surface area contributed by atoms with Crippen molar-refractivity contribution in [2.45, 2.75) is 32.6 Å². The van der Waals surface area contributed by atoms with Crippen LogP contribution in [-0.4, -0.2) is 37.6 Å². The van der Waals surface area contributed by atoms with Crippen LogP contribution in [0.1, 0.15) is 47.1 Å². The fourth-order valence-electron chi connectivity index (χ4n) is 2.61. The summed E-state index contributed by atoms with van der Waals surface area (Å²) in [5.41, 5.74) is 1.30. The predicted octanol–water partition coefficient (Wildman–Crippen LogP) is 3.45. The van der Waals surface area contributed by atoms with Crippen LogP contribution in [0.25, 0.3) is 0 Å². The standard InChI is InChI=1S/C20H23NO5S/c1-5-21(6-2)27(24,25)18-12-7-14(3)19(13-18)20(23)26-17-10-8-16(9-11-17)15(4)22/h7-13H,5-6H2,1-4H3. The van der Waals surface area contributed by atoms with Gasteiger partial charge in [-0.2, -0.15) is 4.31 Å². The molecule has 0 aliphatic heterocycles. The Hall–Kier alpha value is -2.51. The zero-order valence-electron chi connectivity index (χ0n) is 15.9. The zero-order valence-corrected chi connectivity index (χ0v) is 16.7. The maximum atomic E-state index is 12.7. The summed E-state index contributed by atoms with van der Waals surface area (Å²) in [7, 11) is -3.67. The van der Waals surface area contributed by atoms with E-state index < -0.39 is 16.0 Å². The van der Waals surface area contributed by atoms with Gasteiger partial charge >= 0.3 is 5.97 Å². The highest BCUT2D eigenvalue weighted by atomic mass is 32.2. The molecule has 0 aliphatic rings. The second-order valence-electron chi connectivity index (χ2n) is 6.04. The number of benzene rings is 2. The van der Waals surface area contributed by atoms with E-state index in [4.69, 9.17) is 4.74 Å². The van der Waals surface area contributed by atoms with Gasteiger partial charge in [0.1, 0.15) is 5.75 Å². The smallest absolute Gasteiger partial charge is 0.343 e. The van der Waals surface area contributed by atoms with Gasteiger partial charge in [0.2, 0.25) is 10.0 Å². The van der Waals surface area contributed by atoms with Crippen molar-refractivity contribution in [2.75, 3.05) is 13.1 Å². The third kappa shape index (κ3) is 4.61. The van der Waals surface area contributed by atoms with Crippen molar-refractivity contribution >= 4 is 21.8 Å². The fourth-order valence-corrected chi connectivity index (χ4v) is 4.10. The molecule has 6 nitrogen and oxygen atoms in total. The molecule has 7 heteroatoms. The Balaban J connectivity index is 2.32. The monoisotopic (exact) mass is 389 g/mol. The van der Waals surface area contributed by atoms with Crippen LogP contribution >= 0.6 is 0 Å². The van der Waals surface area contributed by atoms with E-state index >= 15 is 0 Å². The van der Waals surface area contributed by atoms with E-state index in [2.05, 4.69) is 0 Å². The van der Waals surface area contributed by atoms with Gasteiger partial charge < -0.3 is 4.74 Å². The van der Waals surface area contributed by atoms with E-state index in [1.54, 1.807) is 39.0 Å². The summed E-state index contributed by atoms with van der Waals surface area (Å²) in [5.74, 6) is -0.459. The summed E-state index contributed by atoms with van der Waals surface area (Å²) < 4.78 is 32.0. The average Bonchev–Trinajstić information content (AvgIpc) is 2.63. The van der Waals surface area contributed by atoms with Gasteiger partial charge in [0.05, 0.1) is 10.5 Å². The fraction of sp³-hybridized carbons (Fsp3) is 0.300. The summed E-state index contributed by atoms with van der Waals surface area (Å²) in [6.07, 6.45) is 0. The molecule has 0 spiro atoms. The molecule has 0 atom stereocenters. The minimum atomic E-state index is -3.67. The molecule has 0 unspecified atom stereocenters. The van der Waals surface area contributed by atoms with Gasteiger partial charge in [0.15, 0.2) is 5.78 Å². The number of nitrogens with zero attached hydrogens (tertiary/aromatic N) is 1. The van der Waals surface area contributed by atoms with Crippen LogP contribution in [0.15, 0.2) is 47.4 Å². The number of esters is 1. The number of hydrogen-bond acceptors (Lipinski definition) is 5. The summed E-state index contributed by atoms with van der Waals surface area (Å²) >= 11 is 0. The second kappa shape index (κ2) is 8.45. The number of Topliss-reactive ketones (excluding diaryl/α,β-unsaturated/α-hetero) is 1. The number of aryl methyl sites for hydroxylation is 1. The molecule has 0 aromatic heterocycles. The van der Waals surface area contributed by atoms with E-state index in [1.807, 2.05) is 0 Å². The number of sulfonamides is 1. The highest BCUT2D eigenvalue weighted by Gasteiger charge is 2.24. The number of carbonyl (C=O) groups is 2. The Bertz CT molecular complexity index is 945. The normalized spacial score (nSPS) is 11.4. The lowest BCUT2D eigenvalue weighted by molar-refractivity contribution is 0.0733. The van der Waals surface area contributed by atoms with Gasteiger partial charge in [-0.15, -0.1) is 0 Å². The second-order valence-corrected chi connectivity index (χ2v) is 7.97. The van der Waals surface area contributed by atoms with Gasteiger partial charge in [-0.1, -0.05) is 19.9 Å². The van der Waals surface area contributed by atoms with Crippen molar-refractivity contribution in [3.63, 3.8) is 0 Å². The topological polar surface area (TPSA) is 80.8 Å². The Morgan fingerprint density at radius 2 is 1.59 bits per heavy atom. The van der Waals surface area contributed by atoms with Gasteiger partial charge in [0.25, 0.3) is 0 Å². The molecule has 0 aliphatic carbocycles. The first-order valence-electron chi connectivity index (χ1n) is 8.64. The number of carbonyl (C=O) groups excluding carboxylic acids is 2. The summed E-state index contributed by atoms with van der Waals surface area (Å²) in [4.78, 5) is 23.9. The van der Waals surface area contributed by atoms with Crippen LogP contribution in [0.5, 0.6) is 5.75 Å². The molecule has 0 amide bonds. The Morgan fingerprint density at radius 1 is 1.00 bits per heavy atom. The molecule has 144 valence electrons. The van der Waals surface area contributed by atoms with Crippen molar-refractivity contribution in [3.05, 3.63) is 59.2 Å². The maximum Gasteiger partial charge on any atom is 0.343 e. The van der Waals surface area contributed by atoms with Crippen molar-refractivity contribution < 1.29 is 22.7 Å². The maximum absolute atomic E-state index is 12.7. The molecule has 0 bridgehead atoms. The van der Waals surface area contributed by atoms with E-state index in [-0.39, 0.29) is 22.0 Å². The molecule has 2 aromatic rings. The van der Waals surface area contributed by atoms with Crippen LogP contribution in [-0.2, 0) is 10.0 Å². The van der Waals surface area contributed by atoms with Gasteiger partial charge in [-0.3, -0.25) is 4.79 Å². The van der Waals surface area contributed by atoms with Crippen LogP contribution < -0.4 is 4.74 Å². The molecule has 0 heterocycles. The lowest BCUT2D eigenvalue weighted by Gasteiger charge is -2.19. The minimum Gasteiger partial charge on any atom is -0.423 e. The van der Waals surface area contributed by atoms with Crippen LogP contribution in [0.3, 0.4) is 0 Å². The molecular weight excluding hydrogens is 366 g/mol. The van der Waals surface area contributed by atoms with E-state index in [1.165, 1.54) is 35.5 Å². The van der Waals surface area contributed by atoms with E-state index in [0.29, 0.717) is 24.2 Å². The highest BCUT2D eigenvalue weighted by Crippen LogP contribution is 2.21. The minimum absolute atomic E-state index is 0.0516. The number of hydrogen-bond donors (Lipinski definition) is 0.